The minimum absolute atomic E-state index is 0.345. The maximum Gasteiger partial charge on any atom is 0.0850 e. The van der Waals surface area contributed by atoms with Gasteiger partial charge in [-0.05, 0) is 6.42 Å². The van der Waals surface area contributed by atoms with Crippen molar-refractivity contribution in [1.29, 1.82) is 0 Å². The molecule has 80 valence electrons. The summed E-state index contributed by atoms with van der Waals surface area (Å²) in [7, 11) is 0. The zero-order valence-corrected chi connectivity index (χ0v) is 11.6. The van der Waals surface area contributed by atoms with Crippen LogP contribution in [0.1, 0.15) is 64.7 Å². The first-order valence-electron chi connectivity index (χ1n) is 5.55. The van der Waals surface area contributed by atoms with Gasteiger partial charge in [0.05, 0.1) is 3.38 Å². The van der Waals surface area contributed by atoms with E-state index in [4.69, 9.17) is 11.6 Å². The quantitative estimate of drug-likeness (QED) is 0.298. The molecule has 0 aromatic carbocycles. The van der Waals surface area contributed by atoms with Gasteiger partial charge in [0.1, 0.15) is 0 Å². The summed E-state index contributed by atoms with van der Waals surface area (Å²) in [5.74, 6) is 0. The number of alkyl halides is 2. The van der Waals surface area contributed by atoms with Crippen molar-refractivity contribution in [2.24, 2.45) is 0 Å². The van der Waals surface area contributed by atoms with Gasteiger partial charge in [-0.3, -0.25) is 0 Å². The first kappa shape index (κ1) is 14.0. The molecule has 1 unspecified atom stereocenters. The second-order valence-corrected chi connectivity index (χ2v) is 6.42. The van der Waals surface area contributed by atoms with Crippen LogP contribution < -0.4 is 0 Å². The normalized spacial score (nSPS) is 13.2. The molecule has 0 aliphatic carbocycles. The number of unbranched alkanes of at least 4 members (excludes halogenated alkanes) is 7. The van der Waals surface area contributed by atoms with Crippen LogP contribution in [0.4, 0.5) is 0 Å². The van der Waals surface area contributed by atoms with Crippen molar-refractivity contribution in [2.75, 3.05) is 0 Å². The maximum absolute atomic E-state index is 5.85. The highest BCUT2D eigenvalue weighted by atomic mass is 127. The van der Waals surface area contributed by atoms with Crippen LogP contribution in [0.5, 0.6) is 0 Å². The van der Waals surface area contributed by atoms with Crippen LogP contribution in [-0.2, 0) is 0 Å². The molecular weight excluding hydrogens is 294 g/mol. The Morgan fingerprint density at radius 3 is 1.85 bits per heavy atom. The fourth-order valence-electron chi connectivity index (χ4n) is 1.43. The van der Waals surface area contributed by atoms with Gasteiger partial charge in [-0.1, -0.05) is 80.9 Å². The van der Waals surface area contributed by atoms with E-state index in [-0.39, 0.29) is 0 Å². The van der Waals surface area contributed by atoms with Crippen molar-refractivity contribution in [3.8, 4) is 0 Å². The molecule has 0 spiro atoms. The Labute approximate surface area is 102 Å². The Morgan fingerprint density at radius 1 is 0.923 bits per heavy atom. The molecule has 0 aromatic rings. The fraction of sp³-hybridized carbons (Fsp3) is 1.00. The molecule has 0 radical (unpaired) electrons. The Bertz CT molecular complexity index is 94.1. The maximum atomic E-state index is 5.85. The van der Waals surface area contributed by atoms with Crippen LogP contribution in [0.2, 0.25) is 0 Å². The van der Waals surface area contributed by atoms with E-state index in [2.05, 4.69) is 29.5 Å². The number of hydrogen-bond acceptors (Lipinski definition) is 0. The van der Waals surface area contributed by atoms with Gasteiger partial charge in [0.25, 0.3) is 0 Å². The van der Waals surface area contributed by atoms with Crippen molar-refractivity contribution >= 4 is 34.2 Å². The molecule has 0 heterocycles. The monoisotopic (exact) mass is 316 g/mol. The molecule has 0 amide bonds. The van der Waals surface area contributed by atoms with Gasteiger partial charge in [0.15, 0.2) is 0 Å². The standard InChI is InChI=1S/C11H22ClI/c1-2-3-4-5-6-7-8-9-10-11(12)13/h11H,2-10H2,1H3. The summed E-state index contributed by atoms with van der Waals surface area (Å²) in [5.41, 5.74) is 0. The van der Waals surface area contributed by atoms with Crippen LogP contribution in [-0.4, -0.2) is 3.38 Å². The van der Waals surface area contributed by atoms with Gasteiger partial charge in [-0.15, -0.1) is 11.6 Å². The van der Waals surface area contributed by atoms with Crippen LogP contribution in [0.25, 0.3) is 0 Å². The Morgan fingerprint density at radius 2 is 1.38 bits per heavy atom. The summed E-state index contributed by atoms with van der Waals surface area (Å²) in [4.78, 5) is 0. The summed E-state index contributed by atoms with van der Waals surface area (Å²) in [6.45, 7) is 2.26. The average Bonchev–Trinajstić information content (AvgIpc) is 2.09. The summed E-state index contributed by atoms with van der Waals surface area (Å²) in [6, 6.07) is 0. The third-order valence-corrected chi connectivity index (χ3v) is 3.12. The predicted octanol–water partition coefficient (Wildman–Crippen LogP) is 5.52. The summed E-state index contributed by atoms with van der Waals surface area (Å²) in [5, 5.41) is 0. The minimum Gasteiger partial charge on any atom is -0.111 e. The fourth-order valence-corrected chi connectivity index (χ4v) is 2.03. The third-order valence-electron chi connectivity index (χ3n) is 2.28. The summed E-state index contributed by atoms with van der Waals surface area (Å²) < 4.78 is 0.345. The van der Waals surface area contributed by atoms with E-state index in [1.807, 2.05) is 0 Å². The van der Waals surface area contributed by atoms with E-state index in [0.717, 1.165) is 0 Å². The lowest BCUT2D eigenvalue weighted by molar-refractivity contribution is 0.572. The van der Waals surface area contributed by atoms with Gasteiger partial charge in [0, 0.05) is 0 Å². The number of hydrogen-bond donors (Lipinski definition) is 0. The smallest absolute Gasteiger partial charge is 0.0850 e. The molecule has 0 N–H and O–H groups in total. The molecule has 0 saturated heterocycles. The van der Waals surface area contributed by atoms with E-state index >= 15 is 0 Å². The van der Waals surface area contributed by atoms with Crippen LogP contribution in [0, 0.1) is 0 Å². The second-order valence-electron chi connectivity index (χ2n) is 3.65. The molecule has 0 rings (SSSR count). The van der Waals surface area contributed by atoms with Crippen molar-refractivity contribution in [2.45, 2.75) is 68.1 Å². The molecule has 13 heavy (non-hydrogen) atoms. The van der Waals surface area contributed by atoms with Gasteiger partial charge >= 0.3 is 0 Å². The van der Waals surface area contributed by atoms with Gasteiger partial charge in [-0.25, -0.2) is 0 Å². The summed E-state index contributed by atoms with van der Waals surface area (Å²) in [6.07, 6.45) is 12.3. The molecule has 0 nitrogen and oxygen atoms in total. The molecule has 1 atom stereocenters. The SMILES string of the molecule is CCCCCCCCCCC(Cl)I. The zero-order chi connectivity index (χ0) is 9.94. The first-order valence-corrected chi connectivity index (χ1v) is 7.23. The van der Waals surface area contributed by atoms with Gasteiger partial charge in [0.2, 0.25) is 0 Å². The van der Waals surface area contributed by atoms with E-state index < -0.39 is 0 Å². The largest absolute Gasteiger partial charge is 0.111 e. The molecule has 0 saturated carbocycles. The van der Waals surface area contributed by atoms with Crippen LogP contribution >= 0.6 is 34.2 Å². The Hall–Kier alpha value is 1.02. The predicted molar refractivity (Wildman–Crippen MR) is 70.9 cm³/mol. The summed E-state index contributed by atoms with van der Waals surface area (Å²) >= 11 is 8.13. The molecule has 0 bridgehead atoms. The second kappa shape index (κ2) is 11.1. The van der Waals surface area contributed by atoms with E-state index in [9.17, 15) is 0 Å². The Kier molecular flexibility index (Phi) is 12.0. The molecule has 0 aliphatic rings. The van der Waals surface area contributed by atoms with Gasteiger partial charge in [-0.2, -0.15) is 0 Å². The zero-order valence-electron chi connectivity index (χ0n) is 8.70. The van der Waals surface area contributed by atoms with E-state index in [1.54, 1.807) is 0 Å². The molecule has 2 heteroatoms. The first-order chi connectivity index (χ1) is 6.27. The highest BCUT2D eigenvalue weighted by Crippen LogP contribution is 2.16. The molecule has 0 aromatic heterocycles. The van der Waals surface area contributed by atoms with Crippen LogP contribution in [0.15, 0.2) is 0 Å². The molecule has 0 fully saturated rings. The highest BCUT2D eigenvalue weighted by Gasteiger charge is 1.97. The highest BCUT2D eigenvalue weighted by molar-refractivity contribution is 14.1. The van der Waals surface area contributed by atoms with Crippen molar-refractivity contribution in [1.82, 2.24) is 0 Å². The van der Waals surface area contributed by atoms with E-state index in [0.29, 0.717) is 3.38 Å². The number of halogens is 2. The van der Waals surface area contributed by atoms with Crippen molar-refractivity contribution < 1.29 is 0 Å². The third kappa shape index (κ3) is 13.0. The van der Waals surface area contributed by atoms with Crippen LogP contribution in [0.3, 0.4) is 0 Å². The number of rotatable bonds is 9. The average molecular weight is 317 g/mol. The van der Waals surface area contributed by atoms with Gasteiger partial charge < -0.3 is 0 Å². The topological polar surface area (TPSA) is 0 Å². The molecular formula is C11H22ClI. The molecule has 0 aliphatic heterocycles. The van der Waals surface area contributed by atoms with E-state index in [1.165, 1.54) is 57.8 Å². The van der Waals surface area contributed by atoms with Crippen molar-refractivity contribution in [3.05, 3.63) is 0 Å². The lowest BCUT2D eigenvalue weighted by atomic mass is 10.1. The minimum atomic E-state index is 0.345. The lowest BCUT2D eigenvalue weighted by Gasteiger charge is -2.02. The Balaban J connectivity index is 2.84. The lowest BCUT2D eigenvalue weighted by Crippen LogP contribution is -1.86. The van der Waals surface area contributed by atoms with Crippen molar-refractivity contribution in [3.63, 3.8) is 0 Å².